The van der Waals surface area contributed by atoms with E-state index in [-0.39, 0.29) is 11.8 Å². The van der Waals surface area contributed by atoms with Crippen LogP contribution < -0.4 is 10.1 Å². The zero-order valence-electron chi connectivity index (χ0n) is 15.5. The molecule has 26 heavy (non-hydrogen) atoms. The van der Waals surface area contributed by atoms with Crippen LogP contribution in [0.2, 0.25) is 0 Å². The number of pyridine rings is 1. The third-order valence-corrected chi connectivity index (χ3v) is 3.88. The van der Waals surface area contributed by atoms with E-state index < -0.39 is 0 Å². The Morgan fingerprint density at radius 2 is 1.88 bits per heavy atom. The summed E-state index contributed by atoms with van der Waals surface area (Å²) in [5.74, 6) is 0.119. The first-order valence-corrected chi connectivity index (χ1v) is 8.80. The lowest BCUT2D eigenvalue weighted by molar-refractivity contribution is 0.0793. The van der Waals surface area contributed by atoms with Gasteiger partial charge >= 0.3 is 0 Å². The molecule has 1 heterocycles. The summed E-state index contributed by atoms with van der Waals surface area (Å²) >= 11 is 0. The number of aromatic nitrogens is 1. The molecule has 6 heteroatoms. The minimum Gasteiger partial charge on any atom is -0.492 e. The van der Waals surface area contributed by atoms with E-state index in [0.29, 0.717) is 35.7 Å². The highest BCUT2D eigenvalue weighted by Crippen LogP contribution is 2.24. The number of hydrogen-bond donors (Lipinski definition) is 1. The molecule has 0 radical (unpaired) electrons. The van der Waals surface area contributed by atoms with Gasteiger partial charge in [-0.1, -0.05) is 25.5 Å². The van der Waals surface area contributed by atoms with Crippen LogP contribution in [0.5, 0.6) is 5.75 Å². The van der Waals surface area contributed by atoms with Gasteiger partial charge in [-0.25, -0.2) is 0 Å². The summed E-state index contributed by atoms with van der Waals surface area (Å²) in [7, 11) is 1.75. The molecule has 1 aromatic heterocycles. The van der Waals surface area contributed by atoms with Gasteiger partial charge in [0.05, 0.1) is 23.4 Å². The number of ether oxygens (including phenoxy) is 1. The fourth-order valence-electron chi connectivity index (χ4n) is 2.44. The topological polar surface area (TPSA) is 71.5 Å². The van der Waals surface area contributed by atoms with Crippen molar-refractivity contribution in [2.45, 2.75) is 26.7 Å². The molecule has 0 aliphatic heterocycles. The quantitative estimate of drug-likeness (QED) is 0.785. The zero-order valence-corrected chi connectivity index (χ0v) is 15.5. The summed E-state index contributed by atoms with van der Waals surface area (Å²) in [5.41, 5.74) is 1.30. The van der Waals surface area contributed by atoms with Crippen molar-refractivity contribution >= 4 is 17.5 Å². The molecule has 6 nitrogen and oxygen atoms in total. The van der Waals surface area contributed by atoms with Gasteiger partial charge in [-0.3, -0.25) is 14.6 Å². The average molecular weight is 355 g/mol. The molecule has 0 aliphatic carbocycles. The maximum absolute atomic E-state index is 12.6. The Bertz CT molecular complexity index is 761. The summed E-state index contributed by atoms with van der Waals surface area (Å²) < 4.78 is 5.51. The second-order valence-electron chi connectivity index (χ2n) is 5.93. The molecule has 0 aliphatic rings. The van der Waals surface area contributed by atoms with Crippen LogP contribution in [0, 0.1) is 0 Å². The normalized spacial score (nSPS) is 10.3. The fourth-order valence-corrected chi connectivity index (χ4v) is 2.44. The number of nitrogens with one attached hydrogen (secondary N) is 1. The van der Waals surface area contributed by atoms with E-state index in [0.717, 1.165) is 12.8 Å². The molecule has 0 saturated carbocycles. The monoisotopic (exact) mass is 355 g/mol. The predicted molar refractivity (Wildman–Crippen MR) is 102 cm³/mol. The van der Waals surface area contributed by atoms with Crippen molar-refractivity contribution < 1.29 is 14.3 Å². The van der Waals surface area contributed by atoms with Crippen LogP contribution in [0.3, 0.4) is 0 Å². The second-order valence-corrected chi connectivity index (χ2v) is 5.93. The first-order valence-electron chi connectivity index (χ1n) is 8.80. The molecule has 0 bridgehead atoms. The highest BCUT2D eigenvalue weighted by molar-refractivity contribution is 6.06. The molecule has 2 rings (SSSR count). The van der Waals surface area contributed by atoms with Crippen molar-refractivity contribution in [3.63, 3.8) is 0 Å². The van der Waals surface area contributed by atoms with E-state index in [1.54, 1.807) is 30.1 Å². The Hall–Kier alpha value is -2.89. The van der Waals surface area contributed by atoms with Crippen LogP contribution in [0.1, 0.15) is 47.4 Å². The number of anilines is 1. The molecule has 1 aromatic carbocycles. The average Bonchev–Trinajstić information content (AvgIpc) is 2.67. The van der Waals surface area contributed by atoms with Crippen LogP contribution in [-0.2, 0) is 0 Å². The number of unbranched alkanes of at least 4 members (excludes halogenated alkanes) is 1. The summed E-state index contributed by atoms with van der Waals surface area (Å²) in [6.45, 7) is 5.13. The Labute approximate surface area is 154 Å². The zero-order chi connectivity index (χ0) is 18.9. The summed E-state index contributed by atoms with van der Waals surface area (Å²) in [5, 5.41) is 2.81. The van der Waals surface area contributed by atoms with Crippen molar-refractivity contribution in [2.24, 2.45) is 0 Å². The maximum atomic E-state index is 12.6. The maximum Gasteiger partial charge on any atom is 0.257 e. The van der Waals surface area contributed by atoms with E-state index >= 15 is 0 Å². The van der Waals surface area contributed by atoms with Crippen LogP contribution in [0.15, 0.2) is 42.7 Å². The Morgan fingerprint density at radius 1 is 1.15 bits per heavy atom. The lowest BCUT2D eigenvalue weighted by Gasteiger charge is -2.17. The van der Waals surface area contributed by atoms with Gasteiger partial charge in [-0.2, -0.15) is 0 Å². The van der Waals surface area contributed by atoms with Crippen LogP contribution >= 0.6 is 0 Å². The van der Waals surface area contributed by atoms with Crippen LogP contribution in [0.4, 0.5) is 5.69 Å². The SMILES string of the molecule is CCCCN(C)C(=O)c1cncc(C(=O)Nc2ccccc2OCC)c1. The third kappa shape index (κ3) is 5.05. The number of rotatable bonds is 8. The summed E-state index contributed by atoms with van der Waals surface area (Å²) in [4.78, 5) is 30.7. The van der Waals surface area contributed by atoms with Gasteiger partial charge in [-0.15, -0.1) is 0 Å². The van der Waals surface area contributed by atoms with Gasteiger partial charge < -0.3 is 15.0 Å². The molecular weight excluding hydrogens is 330 g/mol. The fraction of sp³-hybridized carbons (Fsp3) is 0.350. The Morgan fingerprint density at radius 3 is 2.62 bits per heavy atom. The van der Waals surface area contributed by atoms with Crippen molar-refractivity contribution in [1.82, 2.24) is 9.88 Å². The Kier molecular flexibility index (Phi) is 7.14. The van der Waals surface area contributed by atoms with Gasteiger partial charge in [0, 0.05) is 26.0 Å². The minimum absolute atomic E-state index is 0.143. The van der Waals surface area contributed by atoms with E-state index in [1.807, 2.05) is 19.1 Å². The smallest absolute Gasteiger partial charge is 0.257 e. The first kappa shape index (κ1) is 19.4. The molecule has 0 spiro atoms. The molecule has 2 amide bonds. The number of para-hydroxylation sites is 2. The first-order chi connectivity index (χ1) is 12.6. The van der Waals surface area contributed by atoms with E-state index in [9.17, 15) is 9.59 Å². The van der Waals surface area contributed by atoms with E-state index in [4.69, 9.17) is 4.74 Å². The number of nitrogens with zero attached hydrogens (tertiary/aromatic N) is 2. The molecule has 2 aromatic rings. The number of benzene rings is 1. The molecule has 1 N–H and O–H groups in total. The summed E-state index contributed by atoms with van der Waals surface area (Å²) in [6.07, 6.45) is 4.87. The second kappa shape index (κ2) is 9.56. The van der Waals surface area contributed by atoms with E-state index in [2.05, 4.69) is 17.2 Å². The summed E-state index contributed by atoms with van der Waals surface area (Å²) in [6, 6.07) is 8.78. The van der Waals surface area contributed by atoms with Crippen molar-refractivity contribution in [3.05, 3.63) is 53.9 Å². The predicted octanol–water partition coefficient (Wildman–Crippen LogP) is 3.60. The molecule has 138 valence electrons. The van der Waals surface area contributed by atoms with Gasteiger partial charge in [0.15, 0.2) is 0 Å². The van der Waals surface area contributed by atoms with Crippen molar-refractivity contribution in [2.75, 3.05) is 25.5 Å². The lowest BCUT2D eigenvalue weighted by atomic mass is 10.1. The molecule has 0 atom stereocenters. The largest absolute Gasteiger partial charge is 0.492 e. The standard InChI is InChI=1S/C20H25N3O3/c1-4-6-11-23(3)20(25)16-12-15(13-21-14-16)19(24)22-17-9-7-8-10-18(17)26-5-2/h7-10,12-14H,4-6,11H2,1-3H3,(H,22,24). The molecule has 0 unspecified atom stereocenters. The van der Waals surface area contributed by atoms with Crippen LogP contribution in [-0.4, -0.2) is 41.9 Å². The van der Waals surface area contributed by atoms with Crippen LogP contribution in [0.25, 0.3) is 0 Å². The minimum atomic E-state index is -0.337. The molecule has 0 fully saturated rings. The van der Waals surface area contributed by atoms with Gasteiger partial charge in [0.1, 0.15) is 5.75 Å². The number of carbonyl (C=O) groups excluding carboxylic acids is 2. The molecule has 0 saturated heterocycles. The number of hydrogen-bond acceptors (Lipinski definition) is 4. The van der Waals surface area contributed by atoms with Crippen molar-refractivity contribution in [1.29, 1.82) is 0 Å². The number of carbonyl (C=O) groups is 2. The molecular formula is C20H25N3O3. The highest BCUT2D eigenvalue weighted by Gasteiger charge is 2.15. The number of amides is 2. The lowest BCUT2D eigenvalue weighted by Crippen LogP contribution is -2.28. The van der Waals surface area contributed by atoms with Gasteiger partial charge in [-0.05, 0) is 31.5 Å². The highest BCUT2D eigenvalue weighted by atomic mass is 16.5. The van der Waals surface area contributed by atoms with Gasteiger partial charge in [0.2, 0.25) is 0 Å². The third-order valence-electron chi connectivity index (χ3n) is 3.88. The van der Waals surface area contributed by atoms with Gasteiger partial charge in [0.25, 0.3) is 11.8 Å². The van der Waals surface area contributed by atoms with E-state index in [1.165, 1.54) is 12.4 Å². The Balaban J connectivity index is 2.14. The van der Waals surface area contributed by atoms with Crippen molar-refractivity contribution in [3.8, 4) is 5.75 Å².